The van der Waals surface area contributed by atoms with E-state index in [1.54, 1.807) is 32.0 Å². The van der Waals surface area contributed by atoms with Gasteiger partial charge in [-0.15, -0.1) is 0 Å². The molecule has 2 heterocycles. The molecular formula is C21H29F3N4O3S. The fourth-order valence-corrected chi connectivity index (χ4v) is 5.17. The van der Waals surface area contributed by atoms with Crippen molar-refractivity contribution in [1.82, 2.24) is 19.4 Å². The Morgan fingerprint density at radius 1 is 1.16 bits per heavy atom. The van der Waals surface area contributed by atoms with E-state index in [4.69, 9.17) is 4.74 Å². The third-order valence-corrected chi connectivity index (χ3v) is 6.79. The van der Waals surface area contributed by atoms with E-state index in [1.165, 1.54) is 0 Å². The first-order chi connectivity index (χ1) is 14.9. The number of nitrogens with one attached hydrogen (secondary N) is 1. The molecule has 0 bridgehead atoms. The zero-order valence-electron chi connectivity index (χ0n) is 18.4. The SMILES string of the molecule is CCn1nc(CN2CCOCC2)cc1-c1cccc(C(C)(C)NS(=O)(=O)CC(F)(F)F)c1. The van der Waals surface area contributed by atoms with E-state index >= 15 is 0 Å². The Morgan fingerprint density at radius 2 is 1.84 bits per heavy atom. The van der Waals surface area contributed by atoms with Crippen molar-refractivity contribution in [3.8, 4) is 11.3 Å². The van der Waals surface area contributed by atoms with Crippen molar-refractivity contribution in [2.24, 2.45) is 0 Å². The van der Waals surface area contributed by atoms with E-state index in [-0.39, 0.29) is 0 Å². The van der Waals surface area contributed by atoms with Gasteiger partial charge in [-0.05, 0) is 38.5 Å². The number of aromatic nitrogens is 2. The summed E-state index contributed by atoms with van der Waals surface area (Å²) in [6, 6.07) is 9.13. The summed E-state index contributed by atoms with van der Waals surface area (Å²) in [4.78, 5) is 2.27. The lowest BCUT2D eigenvalue weighted by molar-refractivity contribution is -0.106. The molecular weight excluding hydrogens is 445 g/mol. The number of nitrogens with zero attached hydrogens (tertiary/aromatic N) is 3. The number of alkyl halides is 3. The van der Waals surface area contributed by atoms with Gasteiger partial charge in [0.2, 0.25) is 10.0 Å². The zero-order chi connectivity index (χ0) is 23.6. The lowest BCUT2D eigenvalue weighted by atomic mass is 9.93. The van der Waals surface area contributed by atoms with Crippen LogP contribution in [-0.2, 0) is 33.4 Å². The molecule has 1 aliphatic heterocycles. The highest BCUT2D eigenvalue weighted by Gasteiger charge is 2.38. The summed E-state index contributed by atoms with van der Waals surface area (Å²) >= 11 is 0. The van der Waals surface area contributed by atoms with Crippen LogP contribution < -0.4 is 4.72 Å². The molecule has 0 atom stereocenters. The molecule has 0 amide bonds. The second-order valence-corrected chi connectivity index (χ2v) is 10.1. The minimum atomic E-state index is -4.81. The number of hydrogen-bond acceptors (Lipinski definition) is 5. The minimum absolute atomic E-state index is 0.555. The van der Waals surface area contributed by atoms with Gasteiger partial charge in [-0.1, -0.05) is 18.2 Å². The number of aryl methyl sites for hydroxylation is 1. The molecule has 7 nitrogen and oxygen atoms in total. The Hall–Kier alpha value is -1.95. The lowest BCUT2D eigenvalue weighted by Gasteiger charge is -2.27. The van der Waals surface area contributed by atoms with E-state index in [0.29, 0.717) is 31.9 Å². The molecule has 11 heteroatoms. The van der Waals surface area contributed by atoms with Gasteiger partial charge in [0.15, 0.2) is 5.75 Å². The van der Waals surface area contributed by atoms with Gasteiger partial charge in [-0.3, -0.25) is 9.58 Å². The van der Waals surface area contributed by atoms with Gasteiger partial charge in [-0.2, -0.15) is 18.3 Å². The molecule has 1 saturated heterocycles. The Labute approximate surface area is 186 Å². The summed E-state index contributed by atoms with van der Waals surface area (Å²) in [6.45, 7) is 9.49. The van der Waals surface area contributed by atoms with Crippen LogP contribution in [0.3, 0.4) is 0 Å². The van der Waals surface area contributed by atoms with Crippen molar-refractivity contribution < 1.29 is 26.3 Å². The van der Waals surface area contributed by atoms with Crippen LogP contribution in [0.5, 0.6) is 0 Å². The van der Waals surface area contributed by atoms with E-state index in [9.17, 15) is 21.6 Å². The standard InChI is InChI=1S/C21H29F3N4O3S/c1-4-28-19(13-18(25-28)14-27-8-10-31-11-9-27)16-6-5-7-17(12-16)20(2,3)26-32(29,30)15-21(22,23)24/h5-7,12-13,26H,4,8-11,14-15H2,1-3H3. The van der Waals surface area contributed by atoms with Gasteiger partial charge in [0.1, 0.15) is 0 Å². The van der Waals surface area contributed by atoms with Gasteiger partial charge in [0.25, 0.3) is 0 Å². The quantitative estimate of drug-likeness (QED) is 0.636. The average Bonchev–Trinajstić information content (AvgIpc) is 3.09. The number of hydrogen-bond donors (Lipinski definition) is 1. The number of morpholine rings is 1. The smallest absolute Gasteiger partial charge is 0.379 e. The largest absolute Gasteiger partial charge is 0.404 e. The summed E-state index contributed by atoms with van der Waals surface area (Å²) in [5, 5.41) is 4.69. The number of benzene rings is 1. The molecule has 1 aliphatic rings. The van der Waals surface area contributed by atoms with Crippen molar-refractivity contribution in [1.29, 1.82) is 0 Å². The number of ether oxygens (including phenoxy) is 1. The van der Waals surface area contributed by atoms with Crippen molar-refractivity contribution in [2.45, 2.75) is 45.6 Å². The molecule has 0 aliphatic carbocycles. The van der Waals surface area contributed by atoms with Crippen LogP contribution >= 0.6 is 0 Å². The Balaban J connectivity index is 1.85. The van der Waals surface area contributed by atoms with E-state index in [2.05, 4.69) is 14.7 Å². The first-order valence-electron chi connectivity index (χ1n) is 10.4. The van der Waals surface area contributed by atoms with Gasteiger partial charge < -0.3 is 4.74 Å². The van der Waals surface area contributed by atoms with Crippen LogP contribution in [0, 0.1) is 0 Å². The molecule has 178 valence electrons. The van der Waals surface area contributed by atoms with Crippen molar-refractivity contribution in [3.05, 3.63) is 41.6 Å². The fraction of sp³-hybridized carbons (Fsp3) is 0.571. The summed E-state index contributed by atoms with van der Waals surface area (Å²) in [5.41, 5.74) is 1.92. The first kappa shape index (κ1) is 24.7. The topological polar surface area (TPSA) is 76.5 Å². The maximum atomic E-state index is 12.6. The average molecular weight is 475 g/mol. The molecule has 1 N–H and O–H groups in total. The summed E-state index contributed by atoms with van der Waals surface area (Å²) < 4.78 is 71.4. The highest BCUT2D eigenvalue weighted by Crippen LogP contribution is 2.29. The van der Waals surface area contributed by atoms with E-state index in [1.807, 2.05) is 23.7 Å². The molecule has 3 rings (SSSR count). The highest BCUT2D eigenvalue weighted by atomic mass is 32.2. The van der Waals surface area contributed by atoms with Crippen molar-refractivity contribution >= 4 is 10.0 Å². The monoisotopic (exact) mass is 474 g/mol. The van der Waals surface area contributed by atoms with Gasteiger partial charge in [-0.25, -0.2) is 13.1 Å². The van der Waals surface area contributed by atoms with Crippen molar-refractivity contribution in [3.63, 3.8) is 0 Å². The van der Waals surface area contributed by atoms with Crippen molar-refractivity contribution in [2.75, 3.05) is 32.1 Å². The van der Waals surface area contributed by atoms with E-state index in [0.717, 1.165) is 30.0 Å². The third kappa shape index (κ3) is 6.53. The molecule has 32 heavy (non-hydrogen) atoms. The van der Waals surface area contributed by atoms with Gasteiger partial charge >= 0.3 is 6.18 Å². The number of rotatable bonds is 8. The lowest BCUT2D eigenvalue weighted by Crippen LogP contribution is -2.44. The zero-order valence-corrected chi connectivity index (χ0v) is 19.3. The summed E-state index contributed by atoms with van der Waals surface area (Å²) in [7, 11) is -4.56. The van der Waals surface area contributed by atoms with Crippen LogP contribution in [0.25, 0.3) is 11.3 Å². The van der Waals surface area contributed by atoms with Gasteiger partial charge in [0.05, 0.1) is 30.1 Å². The molecule has 0 spiro atoms. The van der Waals surface area contributed by atoms with Crippen LogP contribution in [-0.4, -0.2) is 61.3 Å². The predicted molar refractivity (Wildman–Crippen MR) is 115 cm³/mol. The van der Waals surface area contributed by atoms with Crippen LogP contribution in [0.15, 0.2) is 30.3 Å². The normalized spacial score (nSPS) is 16.4. The first-order valence-corrected chi connectivity index (χ1v) is 12.1. The summed E-state index contributed by atoms with van der Waals surface area (Å²) in [6.07, 6.45) is -4.81. The summed E-state index contributed by atoms with van der Waals surface area (Å²) in [5.74, 6) is -1.92. The fourth-order valence-electron chi connectivity index (χ4n) is 3.78. The Morgan fingerprint density at radius 3 is 2.47 bits per heavy atom. The van der Waals surface area contributed by atoms with Crippen LogP contribution in [0.2, 0.25) is 0 Å². The van der Waals surface area contributed by atoms with Crippen LogP contribution in [0.1, 0.15) is 32.0 Å². The Bertz CT molecular complexity index is 1030. The Kier molecular flexibility index (Phi) is 7.33. The molecule has 0 radical (unpaired) electrons. The van der Waals surface area contributed by atoms with Gasteiger partial charge in [0, 0.05) is 31.7 Å². The molecule has 1 fully saturated rings. The second-order valence-electron chi connectivity index (χ2n) is 8.41. The molecule has 1 aromatic heterocycles. The maximum absolute atomic E-state index is 12.6. The maximum Gasteiger partial charge on any atom is 0.404 e. The third-order valence-electron chi connectivity index (χ3n) is 5.26. The highest BCUT2D eigenvalue weighted by molar-refractivity contribution is 7.89. The molecule has 2 aromatic rings. The predicted octanol–water partition coefficient (Wildman–Crippen LogP) is 3.12. The number of halogens is 3. The molecule has 0 unspecified atom stereocenters. The second kappa shape index (κ2) is 9.50. The number of sulfonamides is 1. The molecule has 0 saturated carbocycles. The minimum Gasteiger partial charge on any atom is -0.379 e. The van der Waals surface area contributed by atoms with Crippen LogP contribution in [0.4, 0.5) is 13.2 Å². The van der Waals surface area contributed by atoms with E-state index < -0.39 is 27.5 Å². The molecule has 1 aromatic carbocycles.